The van der Waals surface area contributed by atoms with Crippen molar-refractivity contribution in [1.29, 1.82) is 0 Å². The summed E-state index contributed by atoms with van der Waals surface area (Å²) in [6, 6.07) is 24.4. The van der Waals surface area contributed by atoms with Gasteiger partial charge < -0.3 is 15.0 Å². The lowest BCUT2D eigenvalue weighted by Crippen LogP contribution is -2.54. The van der Waals surface area contributed by atoms with Crippen LogP contribution in [-0.2, 0) is 32.6 Å². The molecule has 1 N–H and O–H groups in total. The van der Waals surface area contributed by atoms with Crippen molar-refractivity contribution in [2.24, 2.45) is 0 Å². The van der Waals surface area contributed by atoms with Crippen LogP contribution in [0.2, 0.25) is 5.02 Å². The molecule has 2 amide bonds. The Morgan fingerprint density at radius 2 is 1.60 bits per heavy atom. The molecule has 47 heavy (non-hydrogen) atoms. The number of aryl methyl sites for hydroxylation is 1. The molecule has 4 aromatic carbocycles. The van der Waals surface area contributed by atoms with Crippen molar-refractivity contribution in [3.63, 3.8) is 0 Å². The Balaban J connectivity index is 1.83. The standard InChI is InChI=1S/C36H39ClFN3O5S/c1-5-26(3)39-36(43)33(21-27-9-7-6-8-10-27)40(23-28-13-15-29(38)16-14-28)35(42)24-41(30-17-20-34(46-4)32(37)22-30)47(44,45)31-18-11-25(2)12-19-31/h6-20,22,26,33H,5,21,23-24H2,1-4H3,(H,39,43)/t26-,33+/m0/s1. The van der Waals surface area contributed by atoms with E-state index in [1.54, 1.807) is 12.1 Å². The number of rotatable bonds is 14. The van der Waals surface area contributed by atoms with E-state index in [4.69, 9.17) is 16.3 Å². The quantitative estimate of drug-likeness (QED) is 0.163. The van der Waals surface area contributed by atoms with Crippen molar-refractivity contribution in [3.05, 3.63) is 125 Å². The van der Waals surface area contributed by atoms with E-state index < -0.39 is 34.3 Å². The van der Waals surface area contributed by atoms with E-state index in [1.165, 1.54) is 66.6 Å². The average Bonchev–Trinajstić information content (AvgIpc) is 3.06. The zero-order chi connectivity index (χ0) is 34.1. The van der Waals surface area contributed by atoms with Crippen LogP contribution in [0.1, 0.15) is 37.0 Å². The molecule has 4 rings (SSSR count). The lowest BCUT2D eigenvalue weighted by Gasteiger charge is -2.34. The van der Waals surface area contributed by atoms with E-state index in [-0.39, 0.29) is 40.5 Å². The van der Waals surface area contributed by atoms with Gasteiger partial charge in [-0.2, -0.15) is 0 Å². The van der Waals surface area contributed by atoms with Crippen LogP contribution in [-0.4, -0.2) is 50.9 Å². The average molecular weight is 680 g/mol. The molecule has 0 fully saturated rings. The molecule has 0 saturated carbocycles. The van der Waals surface area contributed by atoms with Gasteiger partial charge in [0.05, 0.1) is 22.7 Å². The highest BCUT2D eigenvalue weighted by atomic mass is 35.5. The number of ether oxygens (including phenoxy) is 1. The molecule has 11 heteroatoms. The molecule has 0 unspecified atom stereocenters. The Bertz CT molecular complexity index is 1770. The number of hydrogen-bond acceptors (Lipinski definition) is 5. The zero-order valence-electron chi connectivity index (χ0n) is 26.8. The first kappa shape index (κ1) is 35.4. The third kappa shape index (κ3) is 9.11. The van der Waals surface area contributed by atoms with E-state index in [0.717, 1.165) is 15.4 Å². The number of carbonyl (C=O) groups is 2. The summed E-state index contributed by atoms with van der Waals surface area (Å²) < 4.78 is 48.5. The van der Waals surface area contributed by atoms with Gasteiger partial charge in [-0.1, -0.05) is 78.7 Å². The Kier molecular flexibility index (Phi) is 12.0. The Morgan fingerprint density at radius 1 is 0.936 bits per heavy atom. The maximum Gasteiger partial charge on any atom is 0.264 e. The van der Waals surface area contributed by atoms with E-state index in [2.05, 4.69) is 5.32 Å². The van der Waals surface area contributed by atoms with E-state index >= 15 is 0 Å². The summed E-state index contributed by atoms with van der Waals surface area (Å²) >= 11 is 6.43. The maximum absolute atomic E-state index is 14.5. The molecule has 0 radical (unpaired) electrons. The Morgan fingerprint density at radius 3 is 2.19 bits per heavy atom. The number of methoxy groups -OCH3 is 1. The minimum atomic E-state index is -4.31. The minimum absolute atomic E-state index is 0.0247. The SMILES string of the molecule is CC[C@H](C)NC(=O)[C@@H](Cc1ccccc1)N(Cc1ccc(F)cc1)C(=O)CN(c1ccc(OC)c(Cl)c1)S(=O)(=O)c1ccc(C)cc1. The Labute approximate surface area is 281 Å². The largest absolute Gasteiger partial charge is 0.495 e. The smallest absolute Gasteiger partial charge is 0.264 e. The topological polar surface area (TPSA) is 96.0 Å². The summed E-state index contributed by atoms with van der Waals surface area (Å²) in [5, 5.41) is 3.14. The summed E-state index contributed by atoms with van der Waals surface area (Å²) in [7, 11) is -2.87. The van der Waals surface area contributed by atoms with Gasteiger partial charge in [0.2, 0.25) is 11.8 Å². The number of benzene rings is 4. The molecule has 248 valence electrons. The fraction of sp³-hybridized carbons (Fsp3) is 0.278. The van der Waals surface area contributed by atoms with Crippen LogP contribution < -0.4 is 14.4 Å². The zero-order valence-corrected chi connectivity index (χ0v) is 28.4. The molecule has 0 aliphatic rings. The van der Waals surface area contributed by atoms with Crippen molar-refractivity contribution in [3.8, 4) is 5.75 Å². The number of amides is 2. The fourth-order valence-corrected chi connectivity index (χ4v) is 6.62. The molecule has 4 aromatic rings. The van der Waals surface area contributed by atoms with Crippen LogP contribution in [0.5, 0.6) is 5.75 Å². The summed E-state index contributed by atoms with van der Waals surface area (Å²) in [4.78, 5) is 29.8. The van der Waals surface area contributed by atoms with Crippen LogP contribution in [0.25, 0.3) is 0 Å². The fourth-order valence-electron chi connectivity index (χ4n) is 4.96. The second kappa shape index (κ2) is 15.9. The van der Waals surface area contributed by atoms with Crippen LogP contribution in [0, 0.1) is 12.7 Å². The lowest BCUT2D eigenvalue weighted by molar-refractivity contribution is -0.140. The molecule has 0 aliphatic carbocycles. The van der Waals surface area contributed by atoms with Gasteiger partial charge in [0.15, 0.2) is 0 Å². The van der Waals surface area contributed by atoms with Gasteiger partial charge in [0.25, 0.3) is 10.0 Å². The van der Waals surface area contributed by atoms with Gasteiger partial charge in [0.1, 0.15) is 24.2 Å². The van der Waals surface area contributed by atoms with Gasteiger partial charge in [0, 0.05) is 19.0 Å². The molecule has 0 bridgehead atoms. The summed E-state index contributed by atoms with van der Waals surface area (Å²) in [6.45, 7) is 4.92. The van der Waals surface area contributed by atoms with Crippen LogP contribution in [0.4, 0.5) is 10.1 Å². The third-order valence-electron chi connectivity index (χ3n) is 7.85. The third-order valence-corrected chi connectivity index (χ3v) is 9.93. The van der Waals surface area contributed by atoms with Crippen LogP contribution in [0.3, 0.4) is 0 Å². The molecule has 0 aliphatic heterocycles. The highest BCUT2D eigenvalue weighted by molar-refractivity contribution is 7.92. The number of nitrogens with one attached hydrogen (secondary N) is 1. The number of carbonyl (C=O) groups excluding carboxylic acids is 2. The normalized spacial score (nSPS) is 12.6. The molecule has 8 nitrogen and oxygen atoms in total. The molecular weight excluding hydrogens is 641 g/mol. The van der Waals surface area contributed by atoms with Crippen molar-refractivity contribution in [1.82, 2.24) is 10.2 Å². The maximum atomic E-state index is 14.5. The predicted octanol–water partition coefficient (Wildman–Crippen LogP) is 6.55. The summed E-state index contributed by atoms with van der Waals surface area (Å²) in [6.07, 6.45) is 0.825. The lowest BCUT2D eigenvalue weighted by atomic mass is 10.0. The van der Waals surface area contributed by atoms with Crippen LogP contribution >= 0.6 is 11.6 Å². The van der Waals surface area contributed by atoms with Gasteiger partial charge in [-0.3, -0.25) is 13.9 Å². The highest BCUT2D eigenvalue weighted by Gasteiger charge is 2.35. The van der Waals surface area contributed by atoms with Crippen molar-refractivity contribution < 1.29 is 27.1 Å². The van der Waals surface area contributed by atoms with Gasteiger partial charge in [-0.15, -0.1) is 0 Å². The Hall–Kier alpha value is -4.41. The van der Waals surface area contributed by atoms with Crippen LogP contribution in [0.15, 0.2) is 102 Å². The molecular formula is C36H39ClFN3O5S. The summed E-state index contributed by atoms with van der Waals surface area (Å²) in [5.74, 6) is -1.15. The van der Waals surface area contributed by atoms with E-state index in [0.29, 0.717) is 17.7 Å². The van der Waals surface area contributed by atoms with E-state index in [1.807, 2.05) is 51.1 Å². The summed E-state index contributed by atoms with van der Waals surface area (Å²) in [5.41, 5.74) is 2.37. The molecule has 2 atom stereocenters. The molecule has 0 spiro atoms. The monoisotopic (exact) mass is 679 g/mol. The number of hydrogen-bond donors (Lipinski definition) is 1. The van der Waals surface area contributed by atoms with Gasteiger partial charge in [-0.25, -0.2) is 12.8 Å². The first-order valence-corrected chi connectivity index (χ1v) is 17.1. The molecule has 0 aromatic heterocycles. The van der Waals surface area contributed by atoms with Crippen molar-refractivity contribution in [2.45, 2.75) is 57.1 Å². The first-order valence-electron chi connectivity index (χ1n) is 15.2. The predicted molar refractivity (Wildman–Crippen MR) is 182 cm³/mol. The number of sulfonamides is 1. The number of nitrogens with zero attached hydrogens (tertiary/aromatic N) is 2. The van der Waals surface area contributed by atoms with Gasteiger partial charge >= 0.3 is 0 Å². The molecule has 0 heterocycles. The highest BCUT2D eigenvalue weighted by Crippen LogP contribution is 2.32. The molecule has 0 saturated heterocycles. The van der Waals surface area contributed by atoms with Crippen molar-refractivity contribution >= 4 is 39.1 Å². The second-order valence-electron chi connectivity index (χ2n) is 11.3. The number of anilines is 1. The van der Waals surface area contributed by atoms with E-state index in [9.17, 15) is 22.4 Å². The van der Waals surface area contributed by atoms with Gasteiger partial charge in [-0.05, 0) is 73.9 Å². The first-order chi connectivity index (χ1) is 22.4. The number of halogens is 2. The second-order valence-corrected chi connectivity index (χ2v) is 13.6. The minimum Gasteiger partial charge on any atom is -0.495 e. The van der Waals surface area contributed by atoms with Crippen molar-refractivity contribution in [2.75, 3.05) is 18.0 Å².